The van der Waals surface area contributed by atoms with E-state index in [1.165, 1.54) is 5.69 Å². The Morgan fingerprint density at radius 2 is 2.07 bits per heavy atom. The molecule has 0 aliphatic carbocycles. The highest BCUT2D eigenvalue weighted by Crippen LogP contribution is 2.06. The molecule has 0 atom stereocenters. The summed E-state index contributed by atoms with van der Waals surface area (Å²) in [6, 6.07) is 0. The average molecular weight is 204 g/mol. The van der Waals surface area contributed by atoms with Crippen molar-refractivity contribution in [2.45, 2.75) is 26.8 Å². The van der Waals surface area contributed by atoms with Crippen molar-refractivity contribution < 1.29 is 0 Å². The van der Waals surface area contributed by atoms with Crippen LogP contribution in [0, 0.1) is 13.8 Å². The molecule has 0 aliphatic rings. The Hall–Kier alpha value is -1.58. The highest BCUT2D eigenvalue weighted by Gasteiger charge is 2.03. The molecule has 0 fully saturated rings. The number of imidazole rings is 2. The summed E-state index contributed by atoms with van der Waals surface area (Å²) in [4.78, 5) is 8.57. The molecule has 4 heteroatoms. The molecule has 0 aromatic carbocycles. The molecule has 15 heavy (non-hydrogen) atoms. The first-order valence-electron chi connectivity index (χ1n) is 5.13. The van der Waals surface area contributed by atoms with Crippen LogP contribution in [-0.2, 0) is 20.0 Å². The second-order valence-electron chi connectivity index (χ2n) is 3.81. The summed E-state index contributed by atoms with van der Waals surface area (Å²) in [6.45, 7) is 5.07. The number of rotatable bonds is 3. The van der Waals surface area contributed by atoms with Gasteiger partial charge in [0.1, 0.15) is 5.82 Å². The molecule has 0 amide bonds. The van der Waals surface area contributed by atoms with E-state index < -0.39 is 0 Å². The van der Waals surface area contributed by atoms with E-state index in [0.717, 1.165) is 24.5 Å². The fourth-order valence-electron chi connectivity index (χ4n) is 1.63. The Morgan fingerprint density at radius 1 is 1.27 bits per heavy atom. The van der Waals surface area contributed by atoms with E-state index in [1.807, 2.05) is 32.7 Å². The minimum Gasteiger partial charge on any atom is -0.338 e. The number of nitrogens with zero attached hydrogens (tertiary/aromatic N) is 4. The zero-order valence-corrected chi connectivity index (χ0v) is 9.44. The van der Waals surface area contributed by atoms with Gasteiger partial charge in [0.2, 0.25) is 0 Å². The summed E-state index contributed by atoms with van der Waals surface area (Å²) in [7, 11) is 2.02. The minimum absolute atomic E-state index is 0.942. The summed E-state index contributed by atoms with van der Waals surface area (Å²) in [5, 5.41) is 0. The zero-order chi connectivity index (χ0) is 10.8. The van der Waals surface area contributed by atoms with Crippen molar-refractivity contribution in [3.63, 3.8) is 0 Å². The lowest BCUT2D eigenvalue weighted by molar-refractivity contribution is 0.637. The summed E-state index contributed by atoms with van der Waals surface area (Å²) in [5.41, 5.74) is 2.35. The quantitative estimate of drug-likeness (QED) is 0.759. The topological polar surface area (TPSA) is 35.6 Å². The van der Waals surface area contributed by atoms with Gasteiger partial charge in [0, 0.05) is 38.1 Å². The minimum atomic E-state index is 0.942. The second kappa shape index (κ2) is 3.88. The molecule has 0 saturated carbocycles. The van der Waals surface area contributed by atoms with Gasteiger partial charge in [-0.2, -0.15) is 0 Å². The van der Waals surface area contributed by atoms with Crippen molar-refractivity contribution in [3.8, 4) is 0 Å². The number of hydrogen-bond acceptors (Lipinski definition) is 2. The normalized spacial score (nSPS) is 10.9. The van der Waals surface area contributed by atoms with E-state index >= 15 is 0 Å². The third-order valence-corrected chi connectivity index (χ3v) is 2.84. The number of aryl methyl sites for hydroxylation is 4. The van der Waals surface area contributed by atoms with Gasteiger partial charge in [-0.1, -0.05) is 0 Å². The van der Waals surface area contributed by atoms with Gasteiger partial charge >= 0.3 is 0 Å². The van der Waals surface area contributed by atoms with Crippen LogP contribution in [0.4, 0.5) is 0 Å². The zero-order valence-electron chi connectivity index (χ0n) is 9.44. The Balaban J connectivity index is 2.05. The molecule has 0 unspecified atom stereocenters. The van der Waals surface area contributed by atoms with Gasteiger partial charge in [-0.25, -0.2) is 9.97 Å². The van der Waals surface area contributed by atoms with E-state index in [-0.39, 0.29) is 0 Å². The van der Waals surface area contributed by atoms with Gasteiger partial charge in [-0.3, -0.25) is 0 Å². The predicted octanol–water partition coefficient (Wildman–Crippen LogP) is 1.48. The van der Waals surface area contributed by atoms with Gasteiger partial charge < -0.3 is 9.13 Å². The smallest absolute Gasteiger partial charge is 0.110 e. The molecule has 4 nitrogen and oxygen atoms in total. The maximum atomic E-state index is 4.30. The first-order valence-corrected chi connectivity index (χ1v) is 5.13. The average Bonchev–Trinajstić information content (AvgIpc) is 2.74. The molecule has 80 valence electrons. The SMILES string of the molecule is Cc1ncn(CCc2nccn2C)c1C. The first kappa shape index (κ1) is 9.96. The van der Waals surface area contributed by atoms with Crippen molar-refractivity contribution in [1.29, 1.82) is 0 Å². The molecule has 0 bridgehead atoms. The van der Waals surface area contributed by atoms with Crippen LogP contribution in [0.2, 0.25) is 0 Å². The van der Waals surface area contributed by atoms with Crippen LogP contribution >= 0.6 is 0 Å². The van der Waals surface area contributed by atoms with Crippen LogP contribution in [0.1, 0.15) is 17.2 Å². The molecule has 2 rings (SSSR count). The van der Waals surface area contributed by atoms with Crippen LogP contribution in [0.25, 0.3) is 0 Å². The van der Waals surface area contributed by atoms with Crippen LogP contribution < -0.4 is 0 Å². The van der Waals surface area contributed by atoms with E-state index in [1.54, 1.807) is 0 Å². The molecular formula is C11H16N4. The van der Waals surface area contributed by atoms with Gasteiger partial charge in [0.15, 0.2) is 0 Å². The molecule has 2 heterocycles. The van der Waals surface area contributed by atoms with Crippen molar-refractivity contribution >= 4 is 0 Å². The number of hydrogen-bond donors (Lipinski definition) is 0. The molecule has 2 aromatic heterocycles. The molecule has 0 radical (unpaired) electrons. The van der Waals surface area contributed by atoms with Gasteiger partial charge in [-0.15, -0.1) is 0 Å². The maximum absolute atomic E-state index is 4.30. The van der Waals surface area contributed by atoms with Crippen LogP contribution in [-0.4, -0.2) is 19.1 Å². The lowest BCUT2D eigenvalue weighted by Gasteiger charge is -2.05. The van der Waals surface area contributed by atoms with E-state index in [2.05, 4.69) is 26.0 Å². The largest absolute Gasteiger partial charge is 0.338 e. The standard InChI is InChI=1S/C11H16N4/c1-9-10(2)15(8-13-9)6-4-11-12-5-7-14(11)3/h5,7-8H,4,6H2,1-3H3. The van der Waals surface area contributed by atoms with Gasteiger partial charge in [-0.05, 0) is 13.8 Å². The Kier molecular flexibility index (Phi) is 2.58. The van der Waals surface area contributed by atoms with Crippen molar-refractivity contribution in [1.82, 2.24) is 19.1 Å². The molecule has 0 N–H and O–H groups in total. The van der Waals surface area contributed by atoms with Crippen molar-refractivity contribution in [2.24, 2.45) is 7.05 Å². The molecular weight excluding hydrogens is 188 g/mol. The third kappa shape index (κ3) is 1.93. The monoisotopic (exact) mass is 204 g/mol. The maximum Gasteiger partial charge on any atom is 0.110 e. The highest BCUT2D eigenvalue weighted by molar-refractivity contribution is 5.08. The molecule has 0 aliphatic heterocycles. The summed E-state index contributed by atoms with van der Waals surface area (Å²) >= 11 is 0. The Labute approximate surface area is 89.6 Å². The predicted molar refractivity (Wildman–Crippen MR) is 58.6 cm³/mol. The van der Waals surface area contributed by atoms with Gasteiger partial charge in [0.05, 0.1) is 12.0 Å². The fraction of sp³-hybridized carbons (Fsp3) is 0.455. The van der Waals surface area contributed by atoms with Crippen LogP contribution in [0.5, 0.6) is 0 Å². The Morgan fingerprint density at radius 3 is 2.60 bits per heavy atom. The summed E-state index contributed by atoms with van der Waals surface area (Å²) in [6.07, 6.45) is 6.65. The van der Waals surface area contributed by atoms with Crippen molar-refractivity contribution in [3.05, 3.63) is 35.9 Å². The lowest BCUT2D eigenvalue weighted by Crippen LogP contribution is -2.06. The second-order valence-corrected chi connectivity index (χ2v) is 3.81. The summed E-state index contributed by atoms with van der Waals surface area (Å²) in [5.74, 6) is 1.11. The van der Waals surface area contributed by atoms with Crippen LogP contribution in [0.15, 0.2) is 18.7 Å². The molecule has 0 spiro atoms. The van der Waals surface area contributed by atoms with Crippen LogP contribution in [0.3, 0.4) is 0 Å². The fourth-order valence-corrected chi connectivity index (χ4v) is 1.63. The lowest BCUT2D eigenvalue weighted by atomic mass is 10.3. The highest BCUT2D eigenvalue weighted by atomic mass is 15.1. The van der Waals surface area contributed by atoms with Crippen molar-refractivity contribution in [2.75, 3.05) is 0 Å². The van der Waals surface area contributed by atoms with E-state index in [4.69, 9.17) is 0 Å². The van der Waals surface area contributed by atoms with E-state index in [9.17, 15) is 0 Å². The Bertz CT molecular complexity index is 453. The summed E-state index contributed by atoms with van der Waals surface area (Å²) < 4.78 is 4.23. The number of aromatic nitrogens is 4. The first-order chi connectivity index (χ1) is 7.18. The third-order valence-electron chi connectivity index (χ3n) is 2.84. The van der Waals surface area contributed by atoms with E-state index in [0.29, 0.717) is 0 Å². The molecule has 0 saturated heterocycles. The van der Waals surface area contributed by atoms with Gasteiger partial charge in [0.25, 0.3) is 0 Å². The molecule has 2 aromatic rings.